The number of nitrogens with zero attached hydrogens (tertiary/aromatic N) is 4. The molecule has 148 valence electrons. The van der Waals surface area contributed by atoms with Crippen molar-refractivity contribution < 1.29 is 24.0 Å². The predicted octanol–water partition coefficient (Wildman–Crippen LogP) is 0.582. The second-order valence-corrected chi connectivity index (χ2v) is 8.21. The fourth-order valence-electron chi connectivity index (χ4n) is 4.22. The average Bonchev–Trinajstić information content (AvgIpc) is 3.42. The van der Waals surface area contributed by atoms with Gasteiger partial charge >= 0.3 is 0 Å². The second-order valence-electron chi connectivity index (χ2n) is 7.30. The Kier molecular flexibility index (Phi) is 4.31. The van der Waals surface area contributed by atoms with Crippen molar-refractivity contribution in [1.29, 1.82) is 0 Å². The van der Waals surface area contributed by atoms with Crippen LogP contribution >= 0.6 is 11.3 Å². The van der Waals surface area contributed by atoms with Crippen molar-refractivity contribution in [2.45, 2.75) is 31.6 Å². The zero-order valence-corrected chi connectivity index (χ0v) is 16.1. The maximum absolute atomic E-state index is 12.8. The third-order valence-corrected chi connectivity index (χ3v) is 6.61. The Morgan fingerprint density at radius 3 is 2.68 bits per heavy atom. The maximum atomic E-state index is 12.8. The summed E-state index contributed by atoms with van der Waals surface area (Å²) in [6.45, 7) is 4.18. The van der Waals surface area contributed by atoms with Crippen LogP contribution in [0.3, 0.4) is 0 Å². The molecule has 0 unspecified atom stereocenters. The summed E-state index contributed by atoms with van der Waals surface area (Å²) in [6, 6.07) is 1.61. The van der Waals surface area contributed by atoms with Crippen LogP contribution in [0.2, 0.25) is 0 Å². The van der Waals surface area contributed by atoms with Gasteiger partial charge in [-0.25, -0.2) is 0 Å². The normalized spacial score (nSPS) is 21.3. The molecule has 0 saturated carbocycles. The van der Waals surface area contributed by atoms with Gasteiger partial charge in [0, 0.05) is 48.1 Å². The van der Waals surface area contributed by atoms with Gasteiger partial charge in [-0.1, -0.05) is 0 Å². The molecule has 2 aliphatic heterocycles. The number of aromatic nitrogens is 3. The van der Waals surface area contributed by atoms with Crippen LogP contribution in [-0.2, 0) is 16.0 Å². The molecule has 0 N–H and O–H groups in total. The van der Waals surface area contributed by atoms with E-state index in [2.05, 4.69) is 10.00 Å². The molecule has 3 aliphatic rings. The summed E-state index contributed by atoms with van der Waals surface area (Å²) in [5.74, 6) is -1.05. The zero-order chi connectivity index (χ0) is 19.3. The standard InChI is InChI=1S/C18H20N4O5S/c23-15-12-2-11-28-17(12)16(24)14-13(15)19-22(25)21(14)6-1-5-20-7-3-18(4-8-20)26-9-10-27-18/h2,11H,1,3-10H2. The smallest absolute Gasteiger partial charge is 0.228 e. The van der Waals surface area contributed by atoms with Crippen molar-refractivity contribution in [3.8, 4) is 0 Å². The molecule has 0 atom stereocenters. The Morgan fingerprint density at radius 2 is 1.93 bits per heavy atom. The van der Waals surface area contributed by atoms with Crippen molar-refractivity contribution in [1.82, 2.24) is 14.7 Å². The van der Waals surface area contributed by atoms with Gasteiger partial charge in [-0.2, -0.15) is 0 Å². The highest BCUT2D eigenvalue weighted by molar-refractivity contribution is 7.12. The fourth-order valence-corrected chi connectivity index (χ4v) is 5.05. The van der Waals surface area contributed by atoms with Gasteiger partial charge in [-0.15, -0.1) is 16.0 Å². The lowest BCUT2D eigenvalue weighted by Crippen LogP contribution is -2.46. The molecular formula is C18H20N4O5S. The van der Waals surface area contributed by atoms with Crippen LogP contribution in [0.25, 0.3) is 0 Å². The lowest BCUT2D eigenvalue weighted by Gasteiger charge is -2.37. The molecule has 0 bridgehead atoms. The van der Waals surface area contributed by atoms with Gasteiger partial charge in [-0.05, 0) is 17.9 Å². The van der Waals surface area contributed by atoms with Gasteiger partial charge in [0.05, 0.1) is 24.6 Å². The Labute approximate surface area is 165 Å². The highest BCUT2D eigenvalue weighted by Gasteiger charge is 2.41. The van der Waals surface area contributed by atoms with Gasteiger partial charge in [0.2, 0.25) is 17.3 Å². The quantitative estimate of drug-likeness (QED) is 0.463. The molecule has 2 aromatic rings. The van der Waals surface area contributed by atoms with E-state index in [1.165, 1.54) is 16.0 Å². The summed E-state index contributed by atoms with van der Waals surface area (Å²) in [6.07, 6.45) is 2.35. The van der Waals surface area contributed by atoms with E-state index in [4.69, 9.17) is 9.47 Å². The van der Waals surface area contributed by atoms with Crippen molar-refractivity contribution in [3.05, 3.63) is 38.5 Å². The molecule has 2 fully saturated rings. The highest BCUT2D eigenvalue weighted by atomic mass is 32.1. The van der Waals surface area contributed by atoms with Gasteiger partial charge in [0.25, 0.3) is 0 Å². The number of fused-ring (bicyclic) bond motifs is 2. The van der Waals surface area contributed by atoms with E-state index in [1.54, 1.807) is 11.4 Å². The second kappa shape index (κ2) is 6.73. The van der Waals surface area contributed by atoms with Crippen LogP contribution in [0.15, 0.2) is 11.4 Å². The summed E-state index contributed by atoms with van der Waals surface area (Å²) in [7, 11) is 0. The number of ketones is 2. The van der Waals surface area contributed by atoms with Crippen LogP contribution in [0, 0.1) is 5.21 Å². The van der Waals surface area contributed by atoms with E-state index >= 15 is 0 Å². The summed E-state index contributed by atoms with van der Waals surface area (Å²) >= 11 is 1.22. The van der Waals surface area contributed by atoms with E-state index < -0.39 is 5.79 Å². The SMILES string of the molecule is O=C1c2ccsc2C(=O)c2c1n[n+]([O-])n2CCCN1CCC2(CC1)OCCO2. The van der Waals surface area contributed by atoms with Crippen LogP contribution in [0.5, 0.6) is 0 Å². The van der Waals surface area contributed by atoms with Gasteiger partial charge in [0.15, 0.2) is 11.5 Å². The van der Waals surface area contributed by atoms with E-state index in [0.717, 1.165) is 32.5 Å². The minimum Gasteiger partial charge on any atom is -0.571 e. The molecule has 10 heteroatoms. The van der Waals surface area contributed by atoms with Crippen molar-refractivity contribution in [2.75, 3.05) is 32.8 Å². The molecule has 2 saturated heterocycles. The molecule has 5 rings (SSSR count). The van der Waals surface area contributed by atoms with Crippen LogP contribution in [0.4, 0.5) is 0 Å². The molecule has 4 heterocycles. The number of likely N-dealkylation sites (tertiary alicyclic amines) is 1. The van der Waals surface area contributed by atoms with Gasteiger partial charge in [0.1, 0.15) is 0 Å². The van der Waals surface area contributed by atoms with Crippen molar-refractivity contribution >= 4 is 22.9 Å². The fraction of sp³-hybridized carbons (Fsp3) is 0.556. The Balaban J connectivity index is 1.25. The van der Waals surface area contributed by atoms with E-state index in [9.17, 15) is 14.8 Å². The molecule has 0 aromatic carbocycles. The van der Waals surface area contributed by atoms with E-state index in [0.29, 0.717) is 41.6 Å². The topological polar surface area (TPSA) is 101 Å². The van der Waals surface area contributed by atoms with Crippen LogP contribution < -0.4 is 4.96 Å². The lowest BCUT2D eigenvalue weighted by molar-refractivity contribution is -0.749. The molecule has 0 amide bonds. The van der Waals surface area contributed by atoms with Crippen LogP contribution in [-0.4, -0.2) is 64.9 Å². The molecule has 2 aromatic heterocycles. The van der Waals surface area contributed by atoms with Crippen molar-refractivity contribution in [3.63, 3.8) is 0 Å². The maximum Gasteiger partial charge on any atom is 0.228 e. The van der Waals surface area contributed by atoms with Gasteiger partial charge < -0.3 is 19.6 Å². The van der Waals surface area contributed by atoms with E-state index in [1.807, 2.05) is 0 Å². The molecule has 1 spiro atoms. The summed E-state index contributed by atoms with van der Waals surface area (Å²) in [5, 5.41) is 17.7. The Bertz CT molecular complexity index is 936. The summed E-state index contributed by atoms with van der Waals surface area (Å²) in [4.78, 5) is 28.4. The predicted molar refractivity (Wildman–Crippen MR) is 97.3 cm³/mol. The number of piperidine rings is 1. The first kappa shape index (κ1) is 17.9. The third-order valence-electron chi connectivity index (χ3n) is 5.70. The number of hydrogen-bond acceptors (Lipinski definition) is 8. The average molecular weight is 404 g/mol. The summed E-state index contributed by atoms with van der Waals surface area (Å²) in [5.41, 5.74) is 0.410. The monoisotopic (exact) mass is 404 g/mol. The van der Waals surface area contributed by atoms with Crippen molar-refractivity contribution in [2.24, 2.45) is 0 Å². The molecule has 0 radical (unpaired) electrons. The highest BCUT2D eigenvalue weighted by Crippen LogP contribution is 2.31. The first-order valence-electron chi connectivity index (χ1n) is 9.46. The van der Waals surface area contributed by atoms with E-state index in [-0.39, 0.29) is 23.0 Å². The number of ether oxygens (including phenoxy) is 2. The first-order chi connectivity index (χ1) is 13.6. The molecule has 9 nitrogen and oxygen atoms in total. The number of hydrogen-bond donors (Lipinski definition) is 0. The van der Waals surface area contributed by atoms with Gasteiger partial charge in [-0.3, -0.25) is 9.59 Å². The third kappa shape index (κ3) is 2.79. The zero-order valence-electron chi connectivity index (χ0n) is 15.3. The largest absolute Gasteiger partial charge is 0.571 e. The minimum absolute atomic E-state index is 0.0404. The summed E-state index contributed by atoms with van der Waals surface area (Å²) < 4.78 is 12.8. The molecular weight excluding hydrogens is 384 g/mol. The Morgan fingerprint density at radius 1 is 1.18 bits per heavy atom. The number of rotatable bonds is 4. The lowest BCUT2D eigenvalue weighted by atomic mass is 9.97. The number of carbonyl (C=O) groups is 2. The molecule has 28 heavy (non-hydrogen) atoms. The van der Waals surface area contributed by atoms with Crippen LogP contribution in [0.1, 0.15) is 50.7 Å². The minimum atomic E-state index is -0.400. The Hall–Kier alpha value is -2.14. The molecule has 1 aliphatic carbocycles. The number of carbonyl (C=O) groups excluding carboxylic acids is 2. The number of thiophene rings is 1. The first-order valence-corrected chi connectivity index (χ1v) is 10.3.